The SMILES string of the molecule is CC(C)S(=O)(=O)CCNC1(CO)CCCC1. The van der Waals surface area contributed by atoms with Gasteiger partial charge in [0.2, 0.25) is 0 Å². The van der Waals surface area contributed by atoms with Crippen molar-refractivity contribution in [2.24, 2.45) is 0 Å². The summed E-state index contributed by atoms with van der Waals surface area (Å²) >= 11 is 0. The Morgan fingerprint density at radius 3 is 2.31 bits per heavy atom. The molecule has 1 rings (SSSR count). The fraction of sp³-hybridized carbons (Fsp3) is 1.00. The Morgan fingerprint density at radius 1 is 1.31 bits per heavy atom. The molecule has 1 aliphatic carbocycles. The van der Waals surface area contributed by atoms with Crippen LogP contribution in [0.2, 0.25) is 0 Å². The predicted octanol–water partition coefficient (Wildman–Crippen LogP) is 0.704. The molecule has 4 nitrogen and oxygen atoms in total. The summed E-state index contributed by atoms with van der Waals surface area (Å²) in [4.78, 5) is 0. The van der Waals surface area contributed by atoms with Gasteiger partial charge in [-0.15, -0.1) is 0 Å². The van der Waals surface area contributed by atoms with Crippen LogP contribution in [0, 0.1) is 0 Å². The van der Waals surface area contributed by atoms with Crippen LogP contribution in [0.5, 0.6) is 0 Å². The summed E-state index contributed by atoms with van der Waals surface area (Å²) in [6.45, 7) is 3.95. The molecule has 0 atom stereocenters. The van der Waals surface area contributed by atoms with Crippen LogP contribution in [0.25, 0.3) is 0 Å². The van der Waals surface area contributed by atoms with Gasteiger partial charge in [-0.2, -0.15) is 0 Å². The average molecular weight is 249 g/mol. The molecule has 0 bridgehead atoms. The van der Waals surface area contributed by atoms with Gasteiger partial charge >= 0.3 is 0 Å². The molecular weight excluding hydrogens is 226 g/mol. The molecule has 1 saturated carbocycles. The molecule has 0 aromatic heterocycles. The maximum absolute atomic E-state index is 11.6. The number of sulfone groups is 1. The lowest BCUT2D eigenvalue weighted by molar-refractivity contribution is 0.167. The number of rotatable bonds is 6. The number of aliphatic hydroxyl groups excluding tert-OH is 1. The number of hydrogen-bond acceptors (Lipinski definition) is 4. The van der Waals surface area contributed by atoms with Crippen molar-refractivity contribution in [3.8, 4) is 0 Å². The molecule has 0 aromatic carbocycles. The van der Waals surface area contributed by atoms with Crippen LogP contribution in [0.4, 0.5) is 0 Å². The van der Waals surface area contributed by atoms with E-state index in [4.69, 9.17) is 0 Å². The predicted molar refractivity (Wildman–Crippen MR) is 65.2 cm³/mol. The zero-order chi connectivity index (χ0) is 12.2. The Morgan fingerprint density at radius 2 is 1.88 bits per heavy atom. The molecule has 1 fully saturated rings. The fourth-order valence-corrected chi connectivity index (χ4v) is 2.99. The van der Waals surface area contributed by atoms with Gasteiger partial charge in [-0.25, -0.2) is 8.42 Å². The maximum atomic E-state index is 11.6. The van der Waals surface area contributed by atoms with Gasteiger partial charge in [0.05, 0.1) is 17.6 Å². The van der Waals surface area contributed by atoms with E-state index in [2.05, 4.69) is 5.32 Å². The zero-order valence-electron chi connectivity index (χ0n) is 10.2. The third-order valence-electron chi connectivity index (χ3n) is 3.47. The van der Waals surface area contributed by atoms with Gasteiger partial charge in [-0.05, 0) is 26.7 Å². The first-order chi connectivity index (χ1) is 7.42. The van der Waals surface area contributed by atoms with Gasteiger partial charge in [0.25, 0.3) is 0 Å². The van der Waals surface area contributed by atoms with E-state index in [9.17, 15) is 13.5 Å². The average Bonchev–Trinajstić information content (AvgIpc) is 2.67. The molecule has 0 unspecified atom stereocenters. The van der Waals surface area contributed by atoms with Crippen LogP contribution < -0.4 is 5.32 Å². The van der Waals surface area contributed by atoms with E-state index in [0.717, 1.165) is 25.7 Å². The van der Waals surface area contributed by atoms with Gasteiger partial charge < -0.3 is 10.4 Å². The van der Waals surface area contributed by atoms with Gasteiger partial charge in [0.1, 0.15) is 0 Å². The van der Waals surface area contributed by atoms with Crippen molar-refractivity contribution in [2.75, 3.05) is 18.9 Å². The van der Waals surface area contributed by atoms with Crippen LogP contribution in [-0.4, -0.2) is 43.2 Å². The van der Waals surface area contributed by atoms with E-state index >= 15 is 0 Å². The largest absolute Gasteiger partial charge is 0.394 e. The lowest BCUT2D eigenvalue weighted by Crippen LogP contribution is -2.48. The number of aliphatic hydroxyl groups is 1. The molecule has 1 aliphatic rings. The minimum Gasteiger partial charge on any atom is -0.394 e. The van der Waals surface area contributed by atoms with Crippen molar-refractivity contribution in [1.29, 1.82) is 0 Å². The Balaban J connectivity index is 2.40. The van der Waals surface area contributed by atoms with Gasteiger partial charge in [0, 0.05) is 12.1 Å². The highest BCUT2D eigenvalue weighted by molar-refractivity contribution is 7.92. The van der Waals surface area contributed by atoms with E-state index in [0.29, 0.717) is 6.54 Å². The lowest BCUT2D eigenvalue weighted by atomic mass is 9.99. The Labute approximate surface area is 98.4 Å². The van der Waals surface area contributed by atoms with Crippen LogP contribution in [0.3, 0.4) is 0 Å². The van der Waals surface area contributed by atoms with E-state index in [1.807, 2.05) is 0 Å². The van der Waals surface area contributed by atoms with Gasteiger partial charge in [-0.3, -0.25) is 0 Å². The van der Waals surface area contributed by atoms with E-state index < -0.39 is 9.84 Å². The second-order valence-corrected chi connectivity index (χ2v) is 7.66. The highest BCUT2D eigenvalue weighted by Crippen LogP contribution is 2.28. The molecule has 5 heteroatoms. The van der Waals surface area contributed by atoms with Crippen molar-refractivity contribution in [3.63, 3.8) is 0 Å². The first kappa shape index (κ1) is 13.9. The second-order valence-electron chi connectivity index (χ2n) is 4.99. The Hall–Kier alpha value is -0.130. The lowest BCUT2D eigenvalue weighted by Gasteiger charge is -2.28. The summed E-state index contributed by atoms with van der Waals surface area (Å²) in [5, 5.41) is 12.3. The normalized spacial score (nSPS) is 20.5. The first-order valence-electron chi connectivity index (χ1n) is 5.99. The number of nitrogens with one attached hydrogen (secondary N) is 1. The summed E-state index contributed by atoms with van der Waals surface area (Å²) < 4.78 is 23.2. The maximum Gasteiger partial charge on any atom is 0.153 e. The van der Waals surface area contributed by atoms with Crippen molar-refractivity contribution < 1.29 is 13.5 Å². The Bertz CT molecular complexity index is 305. The third-order valence-corrected chi connectivity index (χ3v) is 5.68. The molecular formula is C11H23NO3S. The van der Waals surface area contributed by atoms with Crippen LogP contribution in [0.1, 0.15) is 39.5 Å². The summed E-state index contributed by atoms with van der Waals surface area (Å²) in [5.41, 5.74) is -0.216. The van der Waals surface area contributed by atoms with E-state index in [1.54, 1.807) is 13.8 Å². The third kappa shape index (κ3) is 3.43. The molecule has 16 heavy (non-hydrogen) atoms. The highest BCUT2D eigenvalue weighted by atomic mass is 32.2. The molecule has 0 aliphatic heterocycles. The molecule has 0 aromatic rings. The molecule has 0 amide bonds. The molecule has 0 spiro atoms. The summed E-state index contributed by atoms with van der Waals surface area (Å²) in [6.07, 6.45) is 4.13. The Kier molecular flexibility index (Phi) is 4.76. The minimum atomic E-state index is -2.97. The van der Waals surface area contributed by atoms with Crippen molar-refractivity contribution in [1.82, 2.24) is 5.32 Å². The van der Waals surface area contributed by atoms with E-state index in [1.165, 1.54) is 0 Å². The molecule has 0 saturated heterocycles. The fourth-order valence-electron chi connectivity index (χ4n) is 2.14. The summed E-state index contributed by atoms with van der Waals surface area (Å²) in [6, 6.07) is 0. The molecule has 96 valence electrons. The summed E-state index contributed by atoms with van der Waals surface area (Å²) in [7, 11) is -2.97. The zero-order valence-corrected chi connectivity index (χ0v) is 11.0. The van der Waals surface area contributed by atoms with Crippen LogP contribution in [0.15, 0.2) is 0 Å². The van der Waals surface area contributed by atoms with Crippen molar-refractivity contribution in [3.05, 3.63) is 0 Å². The smallest absolute Gasteiger partial charge is 0.153 e. The van der Waals surface area contributed by atoms with Crippen molar-refractivity contribution >= 4 is 9.84 Å². The number of hydrogen-bond donors (Lipinski definition) is 2. The monoisotopic (exact) mass is 249 g/mol. The summed E-state index contributed by atoms with van der Waals surface area (Å²) in [5.74, 6) is 0.159. The molecule has 2 N–H and O–H groups in total. The van der Waals surface area contributed by atoms with Crippen molar-refractivity contribution in [2.45, 2.75) is 50.3 Å². The first-order valence-corrected chi connectivity index (χ1v) is 7.71. The van der Waals surface area contributed by atoms with Crippen LogP contribution in [-0.2, 0) is 9.84 Å². The quantitative estimate of drug-likeness (QED) is 0.727. The molecule has 0 radical (unpaired) electrons. The standard InChI is InChI=1S/C11H23NO3S/c1-10(2)16(14,15)8-7-12-11(9-13)5-3-4-6-11/h10,12-13H,3-9H2,1-2H3. The van der Waals surface area contributed by atoms with Gasteiger partial charge in [-0.1, -0.05) is 12.8 Å². The molecule has 0 heterocycles. The van der Waals surface area contributed by atoms with Crippen LogP contribution >= 0.6 is 0 Å². The van der Waals surface area contributed by atoms with E-state index in [-0.39, 0.29) is 23.1 Å². The topological polar surface area (TPSA) is 66.4 Å². The second kappa shape index (κ2) is 5.47. The minimum absolute atomic E-state index is 0.106. The highest BCUT2D eigenvalue weighted by Gasteiger charge is 2.32. The van der Waals surface area contributed by atoms with Gasteiger partial charge in [0.15, 0.2) is 9.84 Å².